The number of piperidine rings is 1. The molecular formula is C24H28N4O4S2. The van der Waals surface area contributed by atoms with Gasteiger partial charge in [-0.2, -0.15) is 13.1 Å². The highest BCUT2D eigenvalue weighted by Crippen LogP contribution is 2.30. The van der Waals surface area contributed by atoms with Crippen molar-refractivity contribution >= 4 is 38.7 Å². The smallest absolute Gasteiger partial charge is 0.245 e. The quantitative estimate of drug-likeness (QED) is 0.494. The van der Waals surface area contributed by atoms with Gasteiger partial charge in [0.25, 0.3) is 0 Å². The van der Waals surface area contributed by atoms with E-state index in [9.17, 15) is 13.2 Å². The summed E-state index contributed by atoms with van der Waals surface area (Å²) in [5.41, 5.74) is 1.01. The average Bonchev–Trinajstić information content (AvgIpc) is 3.54. The van der Waals surface area contributed by atoms with Crippen LogP contribution in [0.3, 0.4) is 0 Å². The van der Waals surface area contributed by atoms with Gasteiger partial charge in [-0.3, -0.25) is 4.79 Å². The largest absolute Gasteiger partial charge is 0.494 e. The number of nitrogens with zero attached hydrogens (tertiary/aromatic N) is 4. The molecule has 2 saturated heterocycles. The Kier molecular flexibility index (Phi) is 6.80. The van der Waals surface area contributed by atoms with Crippen LogP contribution in [0.25, 0.3) is 11.0 Å². The maximum Gasteiger partial charge on any atom is 0.245 e. The molecule has 0 saturated carbocycles. The highest BCUT2D eigenvalue weighted by Gasteiger charge is 2.36. The Hall–Kier alpha value is -2.56. The molecule has 3 aromatic rings. The third-order valence-electron chi connectivity index (χ3n) is 6.81. The standard InChI is InChI=1S/C24H28N4O4S2/c29-24(27-13-9-18(17-27)12-16-32-20-5-2-1-3-6-20)19-10-14-28(15-11-19)34(30,31)22-8-4-7-21-23(22)26-33-25-21/h1-8,18-19H,9-17H2. The van der Waals surface area contributed by atoms with Crippen LogP contribution in [0.15, 0.2) is 53.4 Å². The number of likely N-dealkylation sites (tertiary alicyclic amines) is 1. The maximum absolute atomic E-state index is 13.2. The zero-order valence-electron chi connectivity index (χ0n) is 18.9. The predicted octanol–water partition coefficient (Wildman–Crippen LogP) is 3.41. The number of carbonyl (C=O) groups is 1. The lowest BCUT2D eigenvalue weighted by molar-refractivity contribution is -0.135. The minimum Gasteiger partial charge on any atom is -0.494 e. The van der Waals surface area contributed by atoms with Crippen molar-refractivity contribution in [3.05, 3.63) is 48.5 Å². The fourth-order valence-corrected chi connectivity index (χ4v) is 7.08. The molecule has 0 radical (unpaired) electrons. The van der Waals surface area contributed by atoms with Crippen LogP contribution in [0.2, 0.25) is 0 Å². The molecule has 2 aliphatic heterocycles. The number of rotatable bonds is 7. The van der Waals surface area contributed by atoms with Crippen molar-refractivity contribution in [3.8, 4) is 5.75 Å². The van der Waals surface area contributed by atoms with Crippen LogP contribution in [-0.2, 0) is 14.8 Å². The van der Waals surface area contributed by atoms with Gasteiger partial charge in [0.05, 0.1) is 18.3 Å². The van der Waals surface area contributed by atoms with Gasteiger partial charge in [0.1, 0.15) is 21.7 Å². The van der Waals surface area contributed by atoms with Crippen molar-refractivity contribution in [3.63, 3.8) is 0 Å². The molecule has 5 rings (SSSR count). The zero-order valence-corrected chi connectivity index (χ0v) is 20.5. The lowest BCUT2D eigenvalue weighted by Gasteiger charge is -2.32. The first-order valence-electron chi connectivity index (χ1n) is 11.7. The first-order chi connectivity index (χ1) is 16.5. The van der Waals surface area contributed by atoms with Gasteiger partial charge in [-0.25, -0.2) is 8.42 Å². The lowest BCUT2D eigenvalue weighted by atomic mass is 9.96. The van der Waals surface area contributed by atoms with Gasteiger partial charge in [0.2, 0.25) is 15.9 Å². The van der Waals surface area contributed by atoms with Gasteiger partial charge in [-0.15, -0.1) is 0 Å². The first-order valence-corrected chi connectivity index (χ1v) is 13.9. The molecule has 1 unspecified atom stereocenters. The molecule has 1 aromatic heterocycles. The molecule has 34 heavy (non-hydrogen) atoms. The fourth-order valence-electron chi connectivity index (χ4n) is 4.86. The van der Waals surface area contributed by atoms with Gasteiger partial charge in [0, 0.05) is 32.1 Å². The maximum atomic E-state index is 13.2. The van der Waals surface area contributed by atoms with E-state index in [1.807, 2.05) is 35.2 Å². The van der Waals surface area contributed by atoms with Gasteiger partial charge < -0.3 is 9.64 Å². The lowest BCUT2D eigenvalue weighted by Crippen LogP contribution is -2.44. The molecule has 0 spiro atoms. The van der Waals surface area contributed by atoms with E-state index in [0.29, 0.717) is 49.5 Å². The van der Waals surface area contributed by atoms with E-state index in [-0.39, 0.29) is 16.7 Å². The summed E-state index contributed by atoms with van der Waals surface area (Å²) in [4.78, 5) is 15.3. The summed E-state index contributed by atoms with van der Waals surface area (Å²) in [7, 11) is -3.67. The third-order valence-corrected chi connectivity index (χ3v) is 9.28. The molecule has 0 aliphatic carbocycles. The van der Waals surface area contributed by atoms with Crippen LogP contribution in [0, 0.1) is 11.8 Å². The van der Waals surface area contributed by atoms with Crippen LogP contribution >= 0.6 is 11.7 Å². The summed E-state index contributed by atoms with van der Waals surface area (Å²) >= 11 is 1.01. The molecule has 0 N–H and O–H groups in total. The van der Waals surface area contributed by atoms with E-state index in [1.54, 1.807) is 18.2 Å². The second-order valence-electron chi connectivity index (χ2n) is 8.96. The van der Waals surface area contributed by atoms with Crippen LogP contribution in [0.5, 0.6) is 5.75 Å². The molecule has 1 amide bonds. The van der Waals surface area contributed by atoms with Crippen molar-refractivity contribution in [2.45, 2.75) is 30.6 Å². The number of para-hydroxylation sites is 1. The van der Waals surface area contributed by atoms with Crippen LogP contribution < -0.4 is 4.74 Å². The van der Waals surface area contributed by atoms with E-state index in [1.165, 1.54) is 4.31 Å². The molecule has 10 heteroatoms. The number of fused-ring (bicyclic) bond motifs is 1. The Morgan fingerprint density at radius 1 is 1.00 bits per heavy atom. The van der Waals surface area contributed by atoms with Crippen LogP contribution in [-0.4, -0.2) is 65.1 Å². The van der Waals surface area contributed by atoms with Crippen molar-refractivity contribution < 1.29 is 17.9 Å². The Balaban J connectivity index is 1.12. The molecule has 8 nitrogen and oxygen atoms in total. The Bertz CT molecular complexity index is 1240. The summed E-state index contributed by atoms with van der Waals surface area (Å²) in [6.45, 7) is 2.86. The van der Waals surface area contributed by atoms with Crippen molar-refractivity contribution in [1.29, 1.82) is 0 Å². The van der Waals surface area contributed by atoms with E-state index < -0.39 is 10.0 Å². The minimum atomic E-state index is -3.67. The Morgan fingerprint density at radius 3 is 2.59 bits per heavy atom. The first kappa shape index (κ1) is 23.2. The van der Waals surface area contributed by atoms with Crippen molar-refractivity contribution in [2.24, 2.45) is 11.8 Å². The number of amides is 1. The van der Waals surface area contributed by atoms with E-state index in [4.69, 9.17) is 4.74 Å². The number of carbonyl (C=O) groups excluding carboxylic acids is 1. The highest BCUT2D eigenvalue weighted by molar-refractivity contribution is 7.89. The summed E-state index contributed by atoms with van der Waals surface area (Å²) in [6.07, 6.45) is 3.00. The summed E-state index contributed by atoms with van der Waals surface area (Å²) in [5, 5.41) is 0. The fraction of sp³-hybridized carbons (Fsp3) is 0.458. The highest BCUT2D eigenvalue weighted by atomic mass is 32.2. The minimum absolute atomic E-state index is 0.123. The number of aromatic nitrogens is 2. The monoisotopic (exact) mass is 500 g/mol. The summed E-state index contributed by atoms with van der Waals surface area (Å²) < 4.78 is 42.1. The molecule has 2 fully saturated rings. The van der Waals surface area contributed by atoms with Crippen LogP contribution in [0.1, 0.15) is 25.7 Å². The molecule has 0 bridgehead atoms. The van der Waals surface area contributed by atoms with Crippen molar-refractivity contribution in [2.75, 3.05) is 32.8 Å². The predicted molar refractivity (Wildman–Crippen MR) is 130 cm³/mol. The Labute approximate surface area is 203 Å². The van der Waals surface area contributed by atoms with E-state index in [2.05, 4.69) is 8.75 Å². The molecule has 2 aliphatic rings. The number of sulfonamides is 1. The number of ether oxygens (including phenoxy) is 1. The molecule has 1 atom stereocenters. The molecule has 2 aromatic carbocycles. The van der Waals surface area contributed by atoms with Gasteiger partial charge in [0.15, 0.2) is 0 Å². The average molecular weight is 501 g/mol. The third kappa shape index (κ3) is 4.80. The molecular weight excluding hydrogens is 472 g/mol. The number of benzene rings is 2. The SMILES string of the molecule is O=C(C1CCN(S(=O)(=O)c2cccc3nsnc23)CC1)N1CCC(CCOc2ccccc2)C1. The van der Waals surface area contributed by atoms with E-state index in [0.717, 1.165) is 43.4 Å². The Morgan fingerprint density at radius 2 is 1.79 bits per heavy atom. The van der Waals surface area contributed by atoms with Crippen molar-refractivity contribution in [1.82, 2.24) is 18.0 Å². The number of hydrogen-bond acceptors (Lipinski definition) is 7. The second-order valence-corrected chi connectivity index (χ2v) is 11.4. The zero-order chi connectivity index (χ0) is 23.5. The van der Waals surface area contributed by atoms with Crippen LogP contribution in [0.4, 0.5) is 0 Å². The van der Waals surface area contributed by atoms with Gasteiger partial charge in [-0.05, 0) is 55.9 Å². The topological polar surface area (TPSA) is 92.7 Å². The summed E-state index contributed by atoms with van der Waals surface area (Å²) in [5.74, 6) is 1.36. The van der Waals surface area contributed by atoms with E-state index >= 15 is 0 Å². The number of hydrogen-bond donors (Lipinski definition) is 0. The van der Waals surface area contributed by atoms with Gasteiger partial charge in [-0.1, -0.05) is 24.3 Å². The second kappa shape index (κ2) is 9.97. The molecule has 180 valence electrons. The summed E-state index contributed by atoms with van der Waals surface area (Å²) in [6, 6.07) is 14.8. The normalized spacial score (nSPS) is 20.1. The van der Waals surface area contributed by atoms with Gasteiger partial charge >= 0.3 is 0 Å². The molecule has 3 heterocycles.